The van der Waals surface area contributed by atoms with E-state index < -0.39 is 0 Å². The Kier molecular flexibility index (Phi) is 6.79. The minimum absolute atomic E-state index is 0.126. The van der Waals surface area contributed by atoms with Crippen LogP contribution in [0.3, 0.4) is 0 Å². The monoisotopic (exact) mass is 378 g/mol. The van der Waals surface area contributed by atoms with Gasteiger partial charge < -0.3 is 5.11 Å². The summed E-state index contributed by atoms with van der Waals surface area (Å²) in [7, 11) is 0. The smallest absolute Gasteiger partial charge is 0.0681 e. The molecule has 1 atom stereocenters. The second kappa shape index (κ2) is 9.69. The molecule has 2 fully saturated rings. The van der Waals surface area contributed by atoms with Gasteiger partial charge in [-0.2, -0.15) is 0 Å². The second-order valence-electron chi connectivity index (χ2n) is 8.54. The lowest BCUT2D eigenvalue weighted by Gasteiger charge is -2.43. The lowest BCUT2D eigenvalue weighted by molar-refractivity contribution is 0.0547. The minimum Gasteiger partial charge on any atom is -0.392 e. The minimum atomic E-state index is 0.126. The highest BCUT2D eigenvalue weighted by Gasteiger charge is 2.32. The molecule has 1 saturated carbocycles. The van der Waals surface area contributed by atoms with E-state index in [9.17, 15) is 5.11 Å². The first-order chi connectivity index (χ1) is 13.8. The Morgan fingerprint density at radius 1 is 0.786 bits per heavy atom. The number of aliphatic hydroxyl groups excluding tert-OH is 1. The molecule has 0 radical (unpaired) electrons. The Balaban J connectivity index is 1.39. The van der Waals surface area contributed by atoms with Crippen molar-refractivity contribution in [1.29, 1.82) is 0 Å². The highest BCUT2D eigenvalue weighted by Crippen LogP contribution is 2.38. The Morgan fingerprint density at radius 2 is 1.43 bits per heavy atom. The summed E-state index contributed by atoms with van der Waals surface area (Å²) in [5.41, 5.74) is 3.85. The normalized spacial score (nSPS) is 20.9. The van der Waals surface area contributed by atoms with Gasteiger partial charge in [-0.15, -0.1) is 0 Å². The van der Waals surface area contributed by atoms with E-state index in [4.69, 9.17) is 0 Å². The van der Waals surface area contributed by atoms with Crippen LogP contribution in [-0.2, 0) is 13.2 Å². The van der Waals surface area contributed by atoms with Crippen LogP contribution in [0.2, 0.25) is 0 Å². The van der Waals surface area contributed by atoms with Crippen molar-refractivity contribution in [2.24, 2.45) is 5.92 Å². The zero-order valence-electron chi connectivity index (χ0n) is 17.0. The van der Waals surface area contributed by atoms with Gasteiger partial charge in [0.2, 0.25) is 0 Å². The quantitative estimate of drug-likeness (QED) is 0.795. The Bertz CT molecular complexity index is 701. The summed E-state index contributed by atoms with van der Waals surface area (Å²) in [4.78, 5) is 5.34. The highest BCUT2D eigenvalue weighted by molar-refractivity contribution is 5.22. The maximum atomic E-state index is 9.22. The molecule has 0 spiro atoms. The fraction of sp³-hybridized carbons (Fsp3) is 0.520. The van der Waals surface area contributed by atoms with Crippen molar-refractivity contribution in [3.8, 4) is 0 Å². The molecular formula is C25H34N2O. The molecule has 1 heterocycles. The first-order valence-electron chi connectivity index (χ1n) is 11.0. The summed E-state index contributed by atoms with van der Waals surface area (Å²) >= 11 is 0. The molecule has 4 rings (SSSR count). The maximum Gasteiger partial charge on any atom is 0.0681 e. The molecule has 2 aromatic rings. The van der Waals surface area contributed by atoms with E-state index in [0.717, 1.165) is 44.2 Å². The van der Waals surface area contributed by atoms with E-state index in [1.807, 2.05) is 12.1 Å². The number of rotatable bonds is 6. The lowest BCUT2D eigenvalue weighted by Crippen LogP contribution is -2.48. The van der Waals surface area contributed by atoms with Crippen LogP contribution in [0.5, 0.6) is 0 Å². The summed E-state index contributed by atoms with van der Waals surface area (Å²) < 4.78 is 0. The zero-order chi connectivity index (χ0) is 19.2. The standard InChI is InChI=1S/C25H34N2O/c28-20-22-13-11-21(12-14-22)19-26-15-17-27(18-16-26)25(23-7-3-1-4-8-23)24-9-5-2-6-10-24/h1,3-4,7-8,11-14,24-25,28H,2,5-6,9-10,15-20H2. The number of nitrogens with zero attached hydrogens (tertiary/aromatic N) is 2. The van der Waals surface area contributed by atoms with Gasteiger partial charge in [0.15, 0.2) is 0 Å². The van der Waals surface area contributed by atoms with Crippen molar-refractivity contribution in [2.45, 2.75) is 51.3 Å². The van der Waals surface area contributed by atoms with Crippen LogP contribution < -0.4 is 0 Å². The predicted molar refractivity (Wildman–Crippen MR) is 115 cm³/mol. The summed E-state index contributed by atoms with van der Waals surface area (Å²) in [6, 6.07) is 20.2. The number of hydrogen-bond donors (Lipinski definition) is 1. The number of benzene rings is 2. The van der Waals surface area contributed by atoms with E-state index >= 15 is 0 Å². The van der Waals surface area contributed by atoms with Crippen LogP contribution in [0.15, 0.2) is 54.6 Å². The zero-order valence-corrected chi connectivity index (χ0v) is 17.0. The predicted octanol–water partition coefficient (Wildman–Crippen LogP) is 4.62. The molecule has 1 unspecified atom stereocenters. The Morgan fingerprint density at radius 3 is 2.07 bits per heavy atom. The third-order valence-corrected chi connectivity index (χ3v) is 6.65. The van der Waals surface area contributed by atoms with Crippen molar-refractivity contribution >= 4 is 0 Å². The van der Waals surface area contributed by atoms with Gasteiger partial charge in [0, 0.05) is 38.8 Å². The molecule has 2 aliphatic rings. The van der Waals surface area contributed by atoms with E-state index in [-0.39, 0.29) is 6.61 Å². The average molecular weight is 379 g/mol. The number of hydrogen-bond acceptors (Lipinski definition) is 3. The van der Waals surface area contributed by atoms with Gasteiger partial charge in [-0.1, -0.05) is 73.9 Å². The van der Waals surface area contributed by atoms with Crippen molar-refractivity contribution in [2.75, 3.05) is 26.2 Å². The molecule has 1 aliphatic heterocycles. The van der Waals surface area contributed by atoms with Crippen molar-refractivity contribution in [3.63, 3.8) is 0 Å². The fourth-order valence-corrected chi connectivity index (χ4v) is 5.09. The largest absolute Gasteiger partial charge is 0.392 e. The van der Waals surface area contributed by atoms with Crippen molar-refractivity contribution in [1.82, 2.24) is 9.80 Å². The van der Waals surface area contributed by atoms with Crippen molar-refractivity contribution in [3.05, 3.63) is 71.3 Å². The fourth-order valence-electron chi connectivity index (χ4n) is 5.09. The maximum absolute atomic E-state index is 9.22. The molecule has 3 heteroatoms. The van der Waals surface area contributed by atoms with Gasteiger partial charge in [0.25, 0.3) is 0 Å². The van der Waals surface area contributed by atoms with E-state index in [1.54, 1.807) is 0 Å². The molecule has 0 bridgehead atoms. The summed E-state index contributed by atoms with van der Waals surface area (Å²) in [5, 5.41) is 9.22. The Labute approximate surface area is 170 Å². The van der Waals surface area contributed by atoms with Gasteiger partial charge in [0.05, 0.1) is 6.61 Å². The van der Waals surface area contributed by atoms with Crippen LogP contribution >= 0.6 is 0 Å². The van der Waals surface area contributed by atoms with Crippen LogP contribution in [0.4, 0.5) is 0 Å². The molecular weight excluding hydrogens is 344 g/mol. The molecule has 1 aliphatic carbocycles. The van der Waals surface area contributed by atoms with Crippen molar-refractivity contribution < 1.29 is 5.11 Å². The third-order valence-electron chi connectivity index (χ3n) is 6.65. The molecule has 150 valence electrons. The summed E-state index contributed by atoms with van der Waals surface area (Å²) in [6.07, 6.45) is 6.99. The van der Waals surface area contributed by atoms with Gasteiger partial charge in [-0.05, 0) is 35.4 Å². The average Bonchev–Trinajstić information content (AvgIpc) is 2.77. The molecule has 0 aromatic heterocycles. The second-order valence-corrected chi connectivity index (χ2v) is 8.54. The van der Waals surface area contributed by atoms with Gasteiger partial charge in [-0.25, -0.2) is 0 Å². The lowest BCUT2D eigenvalue weighted by atomic mass is 9.80. The topological polar surface area (TPSA) is 26.7 Å². The molecule has 0 amide bonds. The summed E-state index contributed by atoms with van der Waals surface area (Å²) in [5.74, 6) is 0.814. The molecule has 1 saturated heterocycles. The Hall–Kier alpha value is -1.68. The molecule has 28 heavy (non-hydrogen) atoms. The van der Waals surface area contributed by atoms with Gasteiger partial charge in [0.1, 0.15) is 0 Å². The number of piperazine rings is 1. The molecule has 1 N–H and O–H groups in total. The van der Waals surface area contributed by atoms with Gasteiger partial charge >= 0.3 is 0 Å². The first-order valence-corrected chi connectivity index (χ1v) is 11.0. The van der Waals surface area contributed by atoms with Crippen LogP contribution in [0.25, 0.3) is 0 Å². The van der Waals surface area contributed by atoms with Gasteiger partial charge in [-0.3, -0.25) is 9.80 Å². The van der Waals surface area contributed by atoms with E-state index in [1.165, 1.54) is 43.2 Å². The SMILES string of the molecule is OCc1ccc(CN2CCN(C(c3ccccc3)C3CCCCC3)CC2)cc1. The number of aliphatic hydroxyl groups is 1. The van der Waals surface area contributed by atoms with Crippen LogP contribution in [0, 0.1) is 5.92 Å². The third kappa shape index (κ3) is 4.83. The van der Waals surface area contributed by atoms with E-state index in [0.29, 0.717) is 6.04 Å². The van der Waals surface area contributed by atoms with Crippen LogP contribution in [0.1, 0.15) is 54.8 Å². The first kappa shape index (κ1) is 19.6. The van der Waals surface area contributed by atoms with E-state index in [2.05, 4.69) is 52.3 Å². The highest BCUT2D eigenvalue weighted by atomic mass is 16.3. The molecule has 3 nitrogen and oxygen atoms in total. The van der Waals surface area contributed by atoms with Crippen LogP contribution in [-0.4, -0.2) is 41.1 Å². The molecule has 2 aromatic carbocycles. The summed E-state index contributed by atoms with van der Waals surface area (Å²) in [6.45, 7) is 5.73.